The van der Waals surface area contributed by atoms with Gasteiger partial charge in [-0.1, -0.05) is 12.1 Å². The minimum atomic E-state index is -0.124. The Kier molecular flexibility index (Phi) is 6.49. The lowest BCUT2D eigenvalue weighted by molar-refractivity contribution is -0.193. The van der Waals surface area contributed by atoms with Gasteiger partial charge in [-0.2, -0.15) is 0 Å². The first-order valence-electron chi connectivity index (χ1n) is 9.06. The minimum absolute atomic E-state index is 0.0499. The van der Waals surface area contributed by atoms with E-state index >= 15 is 0 Å². The van der Waals surface area contributed by atoms with E-state index in [9.17, 15) is 5.11 Å². The summed E-state index contributed by atoms with van der Waals surface area (Å²) in [5.74, 6) is 0.848. The molecular formula is C19H29NO4. The normalized spacial score (nSPS) is 26.4. The Balaban J connectivity index is 1.71. The summed E-state index contributed by atoms with van der Waals surface area (Å²) in [6.45, 7) is 2.81. The van der Waals surface area contributed by atoms with Crippen LogP contribution in [0.5, 0.6) is 5.75 Å². The number of nitrogens with zero attached hydrogens (tertiary/aromatic N) is 1. The van der Waals surface area contributed by atoms with Crippen LogP contribution in [0.2, 0.25) is 0 Å². The van der Waals surface area contributed by atoms with E-state index in [4.69, 9.17) is 14.2 Å². The second-order valence-corrected chi connectivity index (χ2v) is 6.67. The molecular weight excluding hydrogens is 306 g/mol. The third-order valence-electron chi connectivity index (χ3n) is 5.05. The predicted molar refractivity (Wildman–Crippen MR) is 92.1 cm³/mol. The van der Waals surface area contributed by atoms with Crippen molar-refractivity contribution in [1.29, 1.82) is 0 Å². The maximum absolute atomic E-state index is 9.59. The Bertz CT molecular complexity index is 487. The first-order valence-corrected chi connectivity index (χ1v) is 9.06. The van der Waals surface area contributed by atoms with Gasteiger partial charge in [-0.3, -0.25) is 4.90 Å². The molecule has 2 aliphatic rings. The molecule has 24 heavy (non-hydrogen) atoms. The van der Waals surface area contributed by atoms with Gasteiger partial charge in [-0.25, -0.2) is 0 Å². The Morgan fingerprint density at radius 3 is 2.71 bits per heavy atom. The van der Waals surface area contributed by atoms with Crippen molar-refractivity contribution >= 4 is 0 Å². The summed E-state index contributed by atoms with van der Waals surface area (Å²) >= 11 is 0. The van der Waals surface area contributed by atoms with Crippen LogP contribution in [-0.2, 0) is 9.47 Å². The number of benzene rings is 1. The van der Waals surface area contributed by atoms with Gasteiger partial charge < -0.3 is 19.3 Å². The average Bonchev–Trinajstić information content (AvgIpc) is 3.09. The zero-order valence-electron chi connectivity index (χ0n) is 14.5. The van der Waals surface area contributed by atoms with Gasteiger partial charge in [0.05, 0.1) is 19.8 Å². The Hall–Kier alpha value is -1.14. The van der Waals surface area contributed by atoms with E-state index in [2.05, 4.69) is 17.0 Å². The lowest BCUT2D eigenvalue weighted by Gasteiger charge is -2.32. The zero-order valence-corrected chi connectivity index (χ0v) is 14.5. The maximum atomic E-state index is 9.59. The lowest BCUT2D eigenvalue weighted by atomic mass is 10.1. The van der Waals surface area contributed by atoms with Gasteiger partial charge in [0.15, 0.2) is 6.29 Å². The first-order chi connectivity index (χ1) is 11.8. The van der Waals surface area contributed by atoms with Crippen LogP contribution in [0.3, 0.4) is 0 Å². The monoisotopic (exact) mass is 335 g/mol. The largest absolute Gasteiger partial charge is 0.497 e. The van der Waals surface area contributed by atoms with Crippen molar-refractivity contribution in [2.75, 3.05) is 33.4 Å². The van der Waals surface area contributed by atoms with E-state index in [0.717, 1.165) is 63.1 Å². The molecule has 1 aromatic rings. The lowest BCUT2D eigenvalue weighted by Crippen LogP contribution is -2.37. The van der Waals surface area contributed by atoms with E-state index in [1.54, 1.807) is 7.11 Å². The topological polar surface area (TPSA) is 51.2 Å². The second-order valence-electron chi connectivity index (χ2n) is 6.67. The van der Waals surface area contributed by atoms with E-state index < -0.39 is 0 Å². The molecule has 3 atom stereocenters. The van der Waals surface area contributed by atoms with E-state index in [1.807, 2.05) is 12.1 Å². The number of aliphatic hydroxyl groups is 1. The standard InChI is InChI=1S/C19H29NO4/c1-22-17-9-7-15(8-10-17)18(24-19-6-2-3-12-23-19)13-20-11-4-5-16(20)14-21/h7-10,16,18-19,21H,2-6,11-14H2,1H3. The van der Waals surface area contributed by atoms with Gasteiger partial charge in [0.2, 0.25) is 0 Å². The zero-order chi connectivity index (χ0) is 16.8. The number of likely N-dealkylation sites (tertiary alicyclic amines) is 1. The molecule has 134 valence electrons. The molecule has 2 saturated heterocycles. The predicted octanol–water partition coefficient (Wildman–Crippen LogP) is 2.74. The molecule has 0 aromatic heterocycles. The molecule has 3 unspecified atom stereocenters. The van der Waals surface area contributed by atoms with Crippen molar-refractivity contribution in [2.24, 2.45) is 0 Å². The average molecular weight is 335 g/mol. The van der Waals surface area contributed by atoms with Gasteiger partial charge >= 0.3 is 0 Å². The van der Waals surface area contributed by atoms with Gasteiger partial charge in [0.25, 0.3) is 0 Å². The van der Waals surface area contributed by atoms with Crippen molar-refractivity contribution in [2.45, 2.75) is 50.5 Å². The van der Waals surface area contributed by atoms with Crippen molar-refractivity contribution in [1.82, 2.24) is 4.90 Å². The molecule has 0 aliphatic carbocycles. The van der Waals surface area contributed by atoms with Crippen LogP contribution in [0.25, 0.3) is 0 Å². The summed E-state index contributed by atoms with van der Waals surface area (Å²) in [6.07, 6.45) is 5.25. The van der Waals surface area contributed by atoms with Gasteiger partial charge in [-0.05, 0) is 56.3 Å². The van der Waals surface area contributed by atoms with Crippen LogP contribution >= 0.6 is 0 Å². The fourth-order valence-electron chi connectivity index (χ4n) is 3.60. The van der Waals surface area contributed by atoms with Crippen molar-refractivity contribution in [3.05, 3.63) is 29.8 Å². The number of aliphatic hydroxyl groups excluding tert-OH is 1. The Labute approximate surface area is 144 Å². The molecule has 5 nitrogen and oxygen atoms in total. The quantitative estimate of drug-likeness (QED) is 0.830. The summed E-state index contributed by atoms with van der Waals surface area (Å²) in [5, 5.41) is 9.59. The van der Waals surface area contributed by atoms with Crippen LogP contribution in [0, 0.1) is 0 Å². The molecule has 2 fully saturated rings. The van der Waals surface area contributed by atoms with Gasteiger partial charge in [0.1, 0.15) is 5.75 Å². The van der Waals surface area contributed by atoms with E-state index in [1.165, 1.54) is 0 Å². The highest BCUT2D eigenvalue weighted by molar-refractivity contribution is 5.28. The summed E-state index contributed by atoms with van der Waals surface area (Å²) in [6, 6.07) is 8.33. The fourth-order valence-corrected chi connectivity index (χ4v) is 3.60. The van der Waals surface area contributed by atoms with Gasteiger partial charge in [-0.15, -0.1) is 0 Å². The number of methoxy groups -OCH3 is 1. The number of hydrogen-bond donors (Lipinski definition) is 1. The highest BCUT2D eigenvalue weighted by atomic mass is 16.7. The minimum Gasteiger partial charge on any atom is -0.497 e. The summed E-state index contributed by atoms with van der Waals surface area (Å²) in [7, 11) is 1.68. The summed E-state index contributed by atoms with van der Waals surface area (Å²) in [4.78, 5) is 2.34. The second kappa shape index (κ2) is 8.81. The maximum Gasteiger partial charge on any atom is 0.158 e. The molecule has 5 heteroatoms. The number of rotatable bonds is 7. The first kappa shape index (κ1) is 17.7. The third kappa shape index (κ3) is 4.48. The molecule has 0 saturated carbocycles. The Morgan fingerprint density at radius 2 is 2.04 bits per heavy atom. The van der Waals surface area contributed by atoms with Crippen molar-refractivity contribution in [3.63, 3.8) is 0 Å². The molecule has 2 aliphatic heterocycles. The molecule has 3 rings (SSSR count). The number of ether oxygens (including phenoxy) is 3. The van der Waals surface area contributed by atoms with Crippen molar-refractivity contribution in [3.8, 4) is 5.75 Å². The van der Waals surface area contributed by atoms with Crippen molar-refractivity contribution < 1.29 is 19.3 Å². The number of hydrogen-bond acceptors (Lipinski definition) is 5. The van der Waals surface area contributed by atoms with Gasteiger partial charge in [0, 0.05) is 19.2 Å². The SMILES string of the molecule is COc1ccc(C(CN2CCCC2CO)OC2CCCCO2)cc1. The molecule has 1 aromatic carbocycles. The van der Waals surface area contributed by atoms with Crippen LogP contribution in [0.1, 0.15) is 43.8 Å². The fraction of sp³-hybridized carbons (Fsp3) is 0.684. The highest BCUT2D eigenvalue weighted by Gasteiger charge is 2.29. The molecule has 1 N–H and O–H groups in total. The molecule has 0 bridgehead atoms. The van der Waals surface area contributed by atoms with Crippen LogP contribution in [0.4, 0.5) is 0 Å². The summed E-state index contributed by atoms with van der Waals surface area (Å²) in [5.41, 5.74) is 1.13. The molecule has 0 radical (unpaired) electrons. The molecule has 0 spiro atoms. The summed E-state index contributed by atoms with van der Waals surface area (Å²) < 4.78 is 17.4. The van der Waals surface area contributed by atoms with E-state index in [-0.39, 0.29) is 25.0 Å². The Morgan fingerprint density at radius 1 is 1.21 bits per heavy atom. The molecule has 2 heterocycles. The van der Waals surface area contributed by atoms with Crippen LogP contribution in [-0.4, -0.2) is 55.8 Å². The smallest absolute Gasteiger partial charge is 0.158 e. The van der Waals surface area contributed by atoms with E-state index in [0.29, 0.717) is 0 Å². The van der Waals surface area contributed by atoms with Crippen LogP contribution < -0.4 is 4.74 Å². The molecule has 0 amide bonds. The van der Waals surface area contributed by atoms with Crippen LogP contribution in [0.15, 0.2) is 24.3 Å². The third-order valence-corrected chi connectivity index (χ3v) is 5.05. The highest BCUT2D eigenvalue weighted by Crippen LogP contribution is 2.29.